The number of hydrogen-bond donors (Lipinski definition) is 0. The Labute approximate surface area is 178 Å². The zero-order valence-corrected chi connectivity index (χ0v) is 18.5. The Morgan fingerprint density at radius 1 is 0.828 bits per heavy atom. The van der Waals surface area contributed by atoms with Crippen molar-refractivity contribution in [3.05, 3.63) is 48.2 Å². The fraction of sp³-hybridized carbons (Fsp3) is 0.593. The van der Waals surface area contributed by atoms with Crippen LogP contribution >= 0.6 is 0 Å². The molecule has 2 nitrogen and oxygen atoms in total. The van der Waals surface area contributed by atoms with Crippen LogP contribution in [0.1, 0.15) is 83.6 Å². The van der Waals surface area contributed by atoms with Crippen molar-refractivity contribution in [2.75, 3.05) is 6.61 Å². The lowest BCUT2D eigenvalue weighted by atomic mass is 9.78. The lowest BCUT2D eigenvalue weighted by Crippen LogP contribution is -2.15. The molecule has 2 heteroatoms. The van der Waals surface area contributed by atoms with Gasteiger partial charge in [0.1, 0.15) is 5.75 Å². The predicted octanol–water partition coefficient (Wildman–Crippen LogP) is 7.86. The van der Waals surface area contributed by atoms with Crippen LogP contribution in [0.2, 0.25) is 0 Å². The predicted molar refractivity (Wildman–Crippen MR) is 123 cm³/mol. The molecule has 1 aliphatic carbocycles. The second-order valence-corrected chi connectivity index (χ2v) is 8.85. The zero-order valence-electron chi connectivity index (χ0n) is 18.5. The van der Waals surface area contributed by atoms with Crippen LogP contribution in [0.15, 0.2) is 42.6 Å². The maximum absolute atomic E-state index is 5.67. The van der Waals surface area contributed by atoms with Crippen molar-refractivity contribution >= 4 is 0 Å². The molecular weight excluding hydrogens is 354 g/mol. The summed E-state index contributed by atoms with van der Waals surface area (Å²) in [6, 6.07) is 12.7. The second kappa shape index (κ2) is 12.0. The molecule has 3 rings (SSSR count). The fourth-order valence-corrected chi connectivity index (χ4v) is 4.55. The van der Waals surface area contributed by atoms with Crippen molar-refractivity contribution in [2.24, 2.45) is 11.8 Å². The molecule has 1 aromatic heterocycles. The van der Waals surface area contributed by atoms with Gasteiger partial charge >= 0.3 is 0 Å². The van der Waals surface area contributed by atoms with Crippen LogP contribution in [0.4, 0.5) is 0 Å². The van der Waals surface area contributed by atoms with Gasteiger partial charge in [0.2, 0.25) is 0 Å². The van der Waals surface area contributed by atoms with E-state index in [1.165, 1.54) is 69.8 Å². The summed E-state index contributed by atoms with van der Waals surface area (Å²) in [5.74, 6) is 2.87. The summed E-state index contributed by atoms with van der Waals surface area (Å²) < 4.78 is 5.67. The monoisotopic (exact) mass is 393 g/mol. The van der Waals surface area contributed by atoms with Crippen molar-refractivity contribution < 1.29 is 4.74 Å². The molecule has 0 atom stereocenters. The van der Waals surface area contributed by atoms with Gasteiger partial charge in [0.15, 0.2) is 0 Å². The Hall–Kier alpha value is -1.83. The van der Waals surface area contributed by atoms with E-state index < -0.39 is 0 Å². The van der Waals surface area contributed by atoms with Gasteiger partial charge in [-0.1, -0.05) is 71.3 Å². The molecule has 1 fully saturated rings. The summed E-state index contributed by atoms with van der Waals surface area (Å²) in [7, 11) is 0. The third kappa shape index (κ3) is 7.17. The standard InChI is InChI=1S/C27H39NO/c1-3-5-6-7-22-8-10-23(11-9-22)12-13-24-14-19-27(28-21-24)25-15-17-26(18-16-25)29-20-4-2/h14-19,21-23H,3-13,20H2,1-2H3/t22-,23-. The fourth-order valence-electron chi connectivity index (χ4n) is 4.55. The van der Waals surface area contributed by atoms with E-state index >= 15 is 0 Å². The van der Waals surface area contributed by atoms with E-state index in [4.69, 9.17) is 9.72 Å². The molecule has 1 saturated carbocycles. The normalized spacial score (nSPS) is 19.2. The minimum atomic E-state index is 0.771. The van der Waals surface area contributed by atoms with E-state index in [2.05, 4.69) is 44.3 Å². The Morgan fingerprint density at radius 2 is 1.55 bits per heavy atom. The van der Waals surface area contributed by atoms with Crippen molar-refractivity contribution in [3.63, 3.8) is 0 Å². The molecule has 0 radical (unpaired) electrons. The quantitative estimate of drug-likeness (QED) is 0.362. The van der Waals surface area contributed by atoms with Gasteiger partial charge < -0.3 is 4.74 Å². The number of benzene rings is 1. The Balaban J connectivity index is 1.42. The highest BCUT2D eigenvalue weighted by Gasteiger charge is 2.20. The third-order valence-electron chi connectivity index (χ3n) is 6.47. The molecule has 1 aliphatic rings. The van der Waals surface area contributed by atoms with E-state index in [9.17, 15) is 0 Å². The van der Waals surface area contributed by atoms with Crippen LogP contribution in [0, 0.1) is 11.8 Å². The van der Waals surface area contributed by atoms with E-state index in [-0.39, 0.29) is 0 Å². The van der Waals surface area contributed by atoms with Gasteiger partial charge in [-0.3, -0.25) is 4.98 Å². The van der Waals surface area contributed by atoms with Crippen LogP contribution < -0.4 is 4.74 Å². The maximum atomic E-state index is 5.67. The minimum Gasteiger partial charge on any atom is -0.494 e. The van der Waals surface area contributed by atoms with Gasteiger partial charge in [-0.2, -0.15) is 0 Å². The molecular formula is C27H39NO. The van der Waals surface area contributed by atoms with Gasteiger partial charge in [0.25, 0.3) is 0 Å². The summed E-state index contributed by atoms with van der Waals surface area (Å²) in [6.45, 7) is 5.20. The van der Waals surface area contributed by atoms with Gasteiger partial charge in [-0.25, -0.2) is 0 Å². The molecule has 0 N–H and O–H groups in total. The van der Waals surface area contributed by atoms with Crippen LogP contribution in [0.25, 0.3) is 11.3 Å². The summed E-state index contributed by atoms with van der Waals surface area (Å²) in [4.78, 5) is 4.72. The maximum Gasteiger partial charge on any atom is 0.119 e. The lowest BCUT2D eigenvalue weighted by Gasteiger charge is -2.28. The highest BCUT2D eigenvalue weighted by Crippen LogP contribution is 2.34. The first-order chi connectivity index (χ1) is 14.3. The molecule has 1 heterocycles. The molecule has 0 saturated heterocycles. The van der Waals surface area contributed by atoms with E-state index in [1.807, 2.05) is 12.1 Å². The van der Waals surface area contributed by atoms with E-state index in [0.717, 1.165) is 41.9 Å². The zero-order chi connectivity index (χ0) is 20.3. The minimum absolute atomic E-state index is 0.771. The van der Waals surface area contributed by atoms with Crippen molar-refractivity contribution in [1.29, 1.82) is 0 Å². The molecule has 0 amide bonds. The highest BCUT2D eigenvalue weighted by atomic mass is 16.5. The van der Waals surface area contributed by atoms with Crippen LogP contribution in [-0.2, 0) is 6.42 Å². The topological polar surface area (TPSA) is 22.1 Å². The number of aryl methyl sites for hydroxylation is 1. The van der Waals surface area contributed by atoms with E-state index in [1.54, 1.807) is 0 Å². The number of nitrogens with zero attached hydrogens (tertiary/aromatic N) is 1. The van der Waals surface area contributed by atoms with E-state index in [0.29, 0.717) is 0 Å². The second-order valence-electron chi connectivity index (χ2n) is 8.85. The third-order valence-corrected chi connectivity index (χ3v) is 6.47. The Bertz CT molecular complexity index is 683. The summed E-state index contributed by atoms with van der Waals surface area (Å²) in [5.41, 5.74) is 3.58. The summed E-state index contributed by atoms with van der Waals surface area (Å²) in [5, 5.41) is 0. The average molecular weight is 394 g/mol. The SMILES string of the molecule is CCCCC[C@H]1CC[C@H](CCc2ccc(-c3ccc(OCCC)cc3)nc2)CC1. The number of aromatic nitrogens is 1. The Kier molecular flexibility index (Phi) is 9.05. The number of hydrogen-bond acceptors (Lipinski definition) is 2. The lowest BCUT2D eigenvalue weighted by molar-refractivity contribution is 0.249. The molecule has 0 spiro atoms. The largest absolute Gasteiger partial charge is 0.494 e. The van der Waals surface area contributed by atoms with Crippen LogP contribution in [-0.4, -0.2) is 11.6 Å². The van der Waals surface area contributed by atoms with Crippen molar-refractivity contribution in [1.82, 2.24) is 4.98 Å². The van der Waals surface area contributed by atoms with Gasteiger partial charge in [0, 0.05) is 11.8 Å². The number of pyridine rings is 1. The van der Waals surface area contributed by atoms with Crippen LogP contribution in [0.5, 0.6) is 5.75 Å². The van der Waals surface area contributed by atoms with Gasteiger partial charge in [-0.05, 0) is 67.0 Å². The molecule has 158 valence electrons. The summed E-state index contributed by atoms with van der Waals surface area (Å²) >= 11 is 0. The highest BCUT2D eigenvalue weighted by molar-refractivity contribution is 5.60. The smallest absolute Gasteiger partial charge is 0.119 e. The molecule has 2 aromatic rings. The number of unbranched alkanes of at least 4 members (excludes halogenated alkanes) is 2. The molecule has 0 aliphatic heterocycles. The Morgan fingerprint density at radius 3 is 2.17 bits per heavy atom. The van der Waals surface area contributed by atoms with Gasteiger partial charge in [-0.15, -0.1) is 0 Å². The van der Waals surface area contributed by atoms with Crippen LogP contribution in [0.3, 0.4) is 0 Å². The number of rotatable bonds is 11. The van der Waals surface area contributed by atoms with Crippen molar-refractivity contribution in [3.8, 4) is 17.0 Å². The first-order valence-electron chi connectivity index (χ1n) is 12.0. The summed E-state index contributed by atoms with van der Waals surface area (Å²) in [6.07, 6.45) is 17.1. The number of ether oxygens (including phenoxy) is 1. The van der Waals surface area contributed by atoms with Crippen molar-refractivity contribution in [2.45, 2.75) is 84.5 Å². The molecule has 1 aromatic carbocycles. The first-order valence-corrected chi connectivity index (χ1v) is 12.0. The first kappa shape index (κ1) is 21.9. The molecule has 0 bridgehead atoms. The molecule has 0 unspecified atom stereocenters. The molecule has 29 heavy (non-hydrogen) atoms. The van der Waals surface area contributed by atoms with Gasteiger partial charge in [0.05, 0.1) is 12.3 Å². The average Bonchev–Trinajstić information content (AvgIpc) is 2.78.